The van der Waals surface area contributed by atoms with Crippen molar-refractivity contribution in [3.05, 3.63) is 39.9 Å². The predicted octanol–water partition coefficient (Wildman–Crippen LogP) is 3.53. The van der Waals surface area contributed by atoms with Crippen LogP contribution in [-0.2, 0) is 11.3 Å². The molecule has 19 heavy (non-hydrogen) atoms. The van der Waals surface area contributed by atoms with Crippen molar-refractivity contribution in [1.29, 1.82) is 0 Å². The summed E-state index contributed by atoms with van der Waals surface area (Å²) < 4.78 is 11.8. The minimum atomic E-state index is 0.593. The first-order valence-electron chi connectivity index (χ1n) is 6.38. The fraction of sp³-hybridized carbons (Fsp3) is 0.467. The highest BCUT2D eigenvalue weighted by molar-refractivity contribution is 9.10. The Bertz CT molecular complexity index is 415. The Kier molecular flexibility index (Phi) is 7.79. The van der Waals surface area contributed by atoms with E-state index in [1.165, 1.54) is 5.57 Å². The van der Waals surface area contributed by atoms with Gasteiger partial charge in [-0.15, -0.1) is 0 Å². The van der Waals surface area contributed by atoms with Crippen molar-refractivity contribution >= 4 is 15.9 Å². The first-order chi connectivity index (χ1) is 9.15. The van der Waals surface area contributed by atoms with Gasteiger partial charge in [0.05, 0.1) is 11.1 Å². The van der Waals surface area contributed by atoms with E-state index in [-0.39, 0.29) is 0 Å². The number of para-hydroxylation sites is 1. The van der Waals surface area contributed by atoms with Crippen molar-refractivity contribution in [2.45, 2.75) is 20.4 Å². The molecule has 0 aromatic heterocycles. The van der Waals surface area contributed by atoms with Crippen LogP contribution in [0.5, 0.6) is 5.75 Å². The van der Waals surface area contributed by atoms with Gasteiger partial charge in [0.2, 0.25) is 0 Å². The van der Waals surface area contributed by atoms with Gasteiger partial charge in [0.25, 0.3) is 0 Å². The molecule has 0 amide bonds. The van der Waals surface area contributed by atoms with Crippen LogP contribution in [0.15, 0.2) is 34.3 Å². The maximum atomic E-state index is 5.84. The minimum absolute atomic E-state index is 0.593. The summed E-state index contributed by atoms with van der Waals surface area (Å²) in [6, 6.07) is 6.09. The van der Waals surface area contributed by atoms with Gasteiger partial charge in [-0.25, -0.2) is 0 Å². The molecule has 0 heterocycles. The highest BCUT2D eigenvalue weighted by Crippen LogP contribution is 2.29. The van der Waals surface area contributed by atoms with Crippen molar-refractivity contribution in [2.75, 3.05) is 26.9 Å². The lowest BCUT2D eigenvalue weighted by atomic mass is 10.2. The van der Waals surface area contributed by atoms with Crippen molar-refractivity contribution in [3.8, 4) is 5.75 Å². The smallest absolute Gasteiger partial charge is 0.138 e. The monoisotopic (exact) mass is 327 g/mol. The molecule has 0 aliphatic rings. The molecule has 0 aliphatic heterocycles. The average Bonchev–Trinajstić information content (AvgIpc) is 2.37. The van der Waals surface area contributed by atoms with E-state index < -0.39 is 0 Å². The van der Waals surface area contributed by atoms with Crippen molar-refractivity contribution in [3.63, 3.8) is 0 Å². The third-order valence-corrected chi connectivity index (χ3v) is 3.19. The number of rotatable bonds is 8. The molecule has 0 aliphatic carbocycles. The lowest BCUT2D eigenvalue weighted by molar-refractivity contribution is 0.199. The van der Waals surface area contributed by atoms with Crippen molar-refractivity contribution in [2.24, 2.45) is 0 Å². The van der Waals surface area contributed by atoms with E-state index in [1.807, 2.05) is 12.1 Å². The largest absolute Gasteiger partial charge is 0.488 e. The summed E-state index contributed by atoms with van der Waals surface area (Å²) in [4.78, 5) is 0. The van der Waals surface area contributed by atoms with Crippen molar-refractivity contribution < 1.29 is 9.47 Å². The summed E-state index contributed by atoms with van der Waals surface area (Å²) >= 11 is 3.54. The molecule has 1 N–H and O–H groups in total. The summed E-state index contributed by atoms with van der Waals surface area (Å²) in [6.07, 6.45) is 2.07. The molecule has 0 saturated heterocycles. The average molecular weight is 328 g/mol. The second-order valence-corrected chi connectivity index (χ2v) is 5.34. The van der Waals surface area contributed by atoms with E-state index >= 15 is 0 Å². The summed E-state index contributed by atoms with van der Waals surface area (Å²) in [6.45, 7) is 7.04. The van der Waals surface area contributed by atoms with Gasteiger partial charge >= 0.3 is 0 Å². The van der Waals surface area contributed by atoms with Crippen LogP contribution < -0.4 is 10.1 Å². The van der Waals surface area contributed by atoms with Gasteiger partial charge < -0.3 is 14.8 Å². The molecule has 106 valence electrons. The summed E-state index contributed by atoms with van der Waals surface area (Å²) in [5, 5.41) is 3.33. The van der Waals surface area contributed by atoms with Crippen LogP contribution in [-0.4, -0.2) is 26.9 Å². The topological polar surface area (TPSA) is 30.5 Å². The van der Waals surface area contributed by atoms with Crippen LogP contribution >= 0.6 is 15.9 Å². The second kappa shape index (κ2) is 9.13. The number of methoxy groups -OCH3 is 1. The molecule has 0 atom stereocenters. The molecular formula is C15H22BrNO2. The summed E-state index contributed by atoms with van der Waals surface area (Å²) in [7, 11) is 1.70. The third kappa shape index (κ3) is 6.23. The first kappa shape index (κ1) is 16.2. The molecule has 0 radical (unpaired) electrons. The van der Waals surface area contributed by atoms with Gasteiger partial charge in [0, 0.05) is 25.8 Å². The first-order valence-corrected chi connectivity index (χ1v) is 7.17. The Morgan fingerprint density at radius 1 is 1.37 bits per heavy atom. The molecule has 0 bridgehead atoms. The number of ether oxygens (including phenoxy) is 2. The van der Waals surface area contributed by atoms with E-state index in [0.29, 0.717) is 13.2 Å². The van der Waals surface area contributed by atoms with E-state index in [0.717, 1.165) is 28.9 Å². The van der Waals surface area contributed by atoms with Crippen LogP contribution in [0.2, 0.25) is 0 Å². The Balaban J connectivity index is 2.63. The molecule has 0 fully saturated rings. The third-order valence-electron chi connectivity index (χ3n) is 2.57. The van der Waals surface area contributed by atoms with Crippen molar-refractivity contribution in [1.82, 2.24) is 5.32 Å². The SMILES string of the molecule is COCCNCc1cccc(Br)c1OCC=C(C)C. The van der Waals surface area contributed by atoms with Gasteiger partial charge in [-0.1, -0.05) is 17.7 Å². The fourth-order valence-electron chi connectivity index (χ4n) is 1.54. The van der Waals surface area contributed by atoms with Crippen LogP contribution in [0.4, 0.5) is 0 Å². The Morgan fingerprint density at radius 3 is 2.84 bits per heavy atom. The van der Waals surface area contributed by atoms with E-state index in [2.05, 4.69) is 47.2 Å². The van der Waals surface area contributed by atoms with E-state index in [4.69, 9.17) is 9.47 Å². The summed E-state index contributed by atoms with van der Waals surface area (Å²) in [5.41, 5.74) is 2.40. The predicted molar refractivity (Wildman–Crippen MR) is 82.7 cm³/mol. The standard InChI is InChI=1S/C15H22BrNO2/c1-12(2)7-9-19-15-13(5-4-6-14(15)16)11-17-8-10-18-3/h4-7,17H,8-11H2,1-3H3. The molecule has 0 spiro atoms. The van der Waals surface area contributed by atoms with Gasteiger partial charge in [-0.3, -0.25) is 0 Å². The molecular weight excluding hydrogens is 306 g/mol. The highest BCUT2D eigenvalue weighted by Gasteiger charge is 2.07. The van der Waals surface area contributed by atoms with Crippen LogP contribution in [0.3, 0.4) is 0 Å². The Hall–Kier alpha value is -0.840. The zero-order valence-corrected chi connectivity index (χ0v) is 13.4. The van der Waals surface area contributed by atoms with Crippen LogP contribution in [0, 0.1) is 0 Å². The lowest BCUT2D eigenvalue weighted by Gasteiger charge is -2.13. The minimum Gasteiger partial charge on any atom is -0.488 e. The Labute approximate surface area is 124 Å². The molecule has 0 saturated carbocycles. The highest BCUT2D eigenvalue weighted by atomic mass is 79.9. The lowest BCUT2D eigenvalue weighted by Crippen LogP contribution is -2.19. The van der Waals surface area contributed by atoms with Gasteiger partial charge in [-0.05, 0) is 41.9 Å². The molecule has 4 heteroatoms. The zero-order valence-electron chi connectivity index (χ0n) is 11.8. The number of benzene rings is 1. The zero-order chi connectivity index (χ0) is 14.1. The molecule has 0 unspecified atom stereocenters. The quantitative estimate of drug-likeness (QED) is 0.585. The molecule has 1 aromatic carbocycles. The maximum Gasteiger partial charge on any atom is 0.138 e. The van der Waals surface area contributed by atoms with Gasteiger partial charge in [0.15, 0.2) is 0 Å². The van der Waals surface area contributed by atoms with Gasteiger partial charge in [0.1, 0.15) is 12.4 Å². The molecule has 3 nitrogen and oxygen atoms in total. The number of allylic oxidation sites excluding steroid dienone is 1. The van der Waals surface area contributed by atoms with Crippen LogP contribution in [0.1, 0.15) is 19.4 Å². The second-order valence-electron chi connectivity index (χ2n) is 4.49. The van der Waals surface area contributed by atoms with Gasteiger partial charge in [-0.2, -0.15) is 0 Å². The van der Waals surface area contributed by atoms with E-state index in [9.17, 15) is 0 Å². The van der Waals surface area contributed by atoms with E-state index in [1.54, 1.807) is 7.11 Å². The number of hydrogen-bond donors (Lipinski definition) is 1. The normalized spacial score (nSPS) is 10.3. The molecule has 1 rings (SSSR count). The maximum absolute atomic E-state index is 5.84. The number of halogens is 1. The number of hydrogen-bond acceptors (Lipinski definition) is 3. The fourth-order valence-corrected chi connectivity index (χ4v) is 2.07. The summed E-state index contributed by atoms with van der Waals surface area (Å²) in [5.74, 6) is 0.907. The van der Waals surface area contributed by atoms with Crippen LogP contribution in [0.25, 0.3) is 0 Å². The Morgan fingerprint density at radius 2 is 2.16 bits per heavy atom. The molecule has 1 aromatic rings. The number of nitrogens with one attached hydrogen (secondary N) is 1.